The summed E-state index contributed by atoms with van der Waals surface area (Å²) in [6, 6.07) is -1.05. The van der Waals surface area contributed by atoms with E-state index < -0.39 is 129 Å². The largest absolute Gasteiger partial charge is 0.470 e. The van der Waals surface area contributed by atoms with Crippen LogP contribution in [-0.2, 0) is 61.4 Å². The van der Waals surface area contributed by atoms with Gasteiger partial charge in [-0.15, -0.1) is 0 Å². The summed E-state index contributed by atoms with van der Waals surface area (Å²) in [4.78, 5) is 60.8. The third kappa shape index (κ3) is 15.7. The number of cyclic esters (lactones) is 1. The first-order valence-electron chi connectivity index (χ1n) is 21.0. The van der Waals surface area contributed by atoms with Gasteiger partial charge in [-0.05, 0) is 66.5 Å². The van der Waals surface area contributed by atoms with Crippen molar-refractivity contribution in [1.82, 2.24) is 4.90 Å². The van der Waals surface area contributed by atoms with Crippen LogP contribution >= 0.6 is 7.82 Å². The lowest BCUT2D eigenvalue weighted by Crippen LogP contribution is -2.66. The maximum absolute atomic E-state index is 13.4. The van der Waals surface area contributed by atoms with Gasteiger partial charge >= 0.3 is 25.7 Å². The molecule has 0 aromatic heterocycles. The smallest absolute Gasteiger partial charge is 0.462 e. The summed E-state index contributed by atoms with van der Waals surface area (Å²) in [5.41, 5.74) is -1.59. The van der Waals surface area contributed by atoms with Crippen molar-refractivity contribution in [1.29, 1.82) is 0 Å². The number of methoxy groups -OCH3 is 1. The summed E-state index contributed by atoms with van der Waals surface area (Å²) in [6.45, 7) is 11.1. The molecule has 5 N–H and O–H groups in total. The minimum absolute atomic E-state index is 0.0436. The molecule has 0 unspecified atom stereocenters. The van der Waals surface area contributed by atoms with Crippen LogP contribution in [0.5, 0.6) is 0 Å². The molecule has 3 aliphatic rings. The first kappa shape index (κ1) is 53.0. The highest BCUT2D eigenvalue weighted by Gasteiger charge is 2.55. The van der Waals surface area contributed by atoms with Crippen LogP contribution in [0.15, 0.2) is 24.3 Å². The Morgan fingerprint density at radius 3 is 2.18 bits per heavy atom. The number of hydrogen-bond donors (Lipinski definition) is 5. The van der Waals surface area contributed by atoms with E-state index in [1.165, 1.54) is 14.0 Å². The van der Waals surface area contributed by atoms with Crippen molar-refractivity contribution in [2.75, 3.05) is 27.8 Å². The minimum Gasteiger partial charge on any atom is -0.462 e. The lowest BCUT2D eigenvalue weighted by atomic mass is 9.82. The number of hydrogen-bond acceptors (Lipinski definition) is 17. The molecule has 3 rings (SSSR count). The molecular formula is C41H70NO18P. The van der Waals surface area contributed by atoms with Crippen LogP contribution in [0.3, 0.4) is 0 Å². The average Bonchev–Trinajstić information content (AvgIpc) is 3.15. The number of rotatable bonds is 14. The summed E-state index contributed by atoms with van der Waals surface area (Å²) >= 11 is 0. The number of aliphatic hydroxyl groups excluding tert-OH is 2. The quantitative estimate of drug-likeness (QED) is 0.0954. The van der Waals surface area contributed by atoms with Gasteiger partial charge in [0, 0.05) is 39.4 Å². The summed E-state index contributed by atoms with van der Waals surface area (Å²) in [6.07, 6.45) is -6.77. The maximum atomic E-state index is 13.4. The van der Waals surface area contributed by atoms with Crippen molar-refractivity contribution >= 4 is 25.7 Å². The number of phosphoric acid groups is 1. The third-order valence-electron chi connectivity index (χ3n) is 11.2. The Morgan fingerprint density at radius 1 is 0.951 bits per heavy atom. The van der Waals surface area contributed by atoms with Crippen LogP contribution in [0.4, 0.5) is 0 Å². The highest BCUT2D eigenvalue weighted by Crippen LogP contribution is 2.45. The van der Waals surface area contributed by atoms with Crippen molar-refractivity contribution in [2.24, 2.45) is 11.8 Å². The Balaban J connectivity index is 2.14. The molecule has 0 aliphatic carbocycles. The van der Waals surface area contributed by atoms with Crippen LogP contribution in [0.1, 0.15) is 93.4 Å². The zero-order valence-electron chi connectivity index (χ0n) is 37.1. The molecular weight excluding hydrogens is 825 g/mol. The van der Waals surface area contributed by atoms with Crippen molar-refractivity contribution in [3.63, 3.8) is 0 Å². The SMILES string of the molecule is CCC(=O)O[C@@H]1CC(=O)O[C@H](C)C/C=C/C=C/[C@H](O)[C@H](C)C[C@H](CCO)[C@H](O[C@@H]2O[C@H](C)[C@@H](O[C@H]3C[C@@](C)(O)[C@@H](OC(=O)CC)[C@H](C)O3)[C@H](N(C)C)[C@H]2OP(=O)(O)O)[C@H]1OC. The van der Waals surface area contributed by atoms with Crippen LogP contribution in [0.2, 0.25) is 0 Å². The highest BCUT2D eigenvalue weighted by atomic mass is 31.2. The number of nitrogens with zero attached hydrogens (tertiary/aromatic N) is 1. The monoisotopic (exact) mass is 895 g/mol. The zero-order chi connectivity index (χ0) is 45.8. The Hall–Kier alpha value is -2.36. The predicted octanol–water partition coefficient (Wildman–Crippen LogP) is 2.68. The van der Waals surface area contributed by atoms with E-state index in [-0.39, 0.29) is 38.7 Å². The number of aliphatic hydroxyl groups is 3. The zero-order valence-corrected chi connectivity index (χ0v) is 38.0. The number of carbonyl (C=O) groups is 3. The average molecular weight is 896 g/mol. The molecule has 20 heteroatoms. The molecule has 0 bridgehead atoms. The van der Waals surface area contributed by atoms with E-state index in [2.05, 4.69) is 0 Å². The Morgan fingerprint density at radius 2 is 1.61 bits per heavy atom. The van der Waals surface area contributed by atoms with Gasteiger partial charge in [0.05, 0.1) is 36.9 Å². The number of ether oxygens (including phenoxy) is 8. The van der Waals surface area contributed by atoms with E-state index in [0.717, 1.165) is 0 Å². The normalized spacial score (nSPS) is 39.5. The predicted molar refractivity (Wildman–Crippen MR) is 217 cm³/mol. The molecule has 352 valence electrons. The topological polar surface area (TPSA) is 256 Å². The van der Waals surface area contributed by atoms with Gasteiger partial charge in [0.25, 0.3) is 0 Å². The first-order valence-corrected chi connectivity index (χ1v) is 22.6. The van der Waals surface area contributed by atoms with E-state index in [9.17, 15) is 44.1 Å². The van der Waals surface area contributed by atoms with Gasteiger partial charge in [0.1, 0.15) is 36.1 Å². The molecule has 0 saturated carbocycles. The molecule has 2 fully saturated rings. The molecule has 0 aromatic rings. The first-order chi connectivity index (χ1) is 28.5. The number of likely N-dealkylation sites (N-methyl/N-ethyl adjacent to an activating group) is 1. The standard InChI is InChI=1S/C41H70NO18P/c1-11-30(45)56-29-21-32(47)53-24(4)16-14-13-15-17-28(44)23(3)20-27(18-19-43)36(37(29)52-10)59-40-38(60-61(49,50)51)34(42(8)9)35(25(5)55-40)58-33-22-41(7,48)39(26(6)54-33)57-31(46)12-2/h13-15,17,23-29,33-40,43-44,48H,11-12,16,18-22H2,1-10H3,(H2,49,50,51)/b14-13+,17-15+/t23-,24-,25-,26+,27+,28+,29-,33+,34+,35-,36+,37+,38-,39+,40+,41-/m1/s1. The second-order valence-corrected chi connectivity index (χ2v) is 17.8. The van der Waals surface area contributed by atoms with Crippen LogP contribution in [0.25, 0.3) is 0 Å². The summed E-state index contributed by atoms with van der Waals surface area (Å²) in [5, 5.41) is 33.0. The van der Waals surface area contributed by atoms with Gasteiger partial charge in [-0.3, -0.25) is 18.9 Å². The number of carbonyl (C=O) groups excluding carboxylic acids is 3. The highest BCUT2D eigenvalue weighted by molar-refractivity contribution is 7.46. The molecule has 19 nitrogen and oxygen atoms in total. The number of esters is 3. The van der Waals surface area contributed by atoms with Gasteiger partial charge in [0.2, 0.25) is 0 Å². The fraction of sp³-hybridized carbons (Fsp3) is 0.829. The molecule has 0 spiro atoms. The summed E-state index contributed by atoms with van der Waals surface area (Å²) in [5.74, 6) is -3.08. The molecule has 0 aromatic carbocycles. The second kappa shape index (κ2) is 24.1. The Labute approximate surface area is 359 Å². The molecule has 3 heterocycles. The van der Waals surface area contributed by atoms with Crippen molar-refractivity contribution in [2.45, 2.75) is 179 Å². The van der Waals surface area contributed by atoms with E-state index in [1.54, 1.807) is 84.8 Å². The minimum atomic E-state index is -5.33. The van der Waals surface area contributed by atoms with Crippen molar-refractivity contribution < 1.29 is 86.5 Å². The van der Waals surface area contributed by atoms with Crippen LogP contribution < -0.4 is 0 Å². The molecule has 61 heavy (non-hydrogen) atoms. The fourth-order valence-electron chi connectivity index (χ4n) is 8.16. The van der Waals surface area contributed by atoms with E-state index in [4.69, 9.17) is 42.4 Å². The molecule has 2 saturated heterocycles. The Kier molecular flexibility index (Phi) is 20.9. The molecule has 0 radical (unpaired) electrons. The number of phosphoric ester groups is 1. The van der Waals surface area contributed by atoms with Crippen molar-refractivity contribution in [3.05, 3.63) is 24.3 Å². The lowest BCUT2D eigenvalue weighted by Gasteiger charge is -2.51. The van der Waals surface area contributed by atoms with Gasteiger partial charge in [-0.25, -0.2) is 4.57 Å². The van der Waals surface area contributed by atoms with Crippen LogP contribution in [-0.4, -0.2) is 161 Å². The summed E-state index contributed by atoms with van der Waals surface area (Å²) in [7, 11) is -0.755. The van der Waals surface area contributed by atoms with Gasteiger partial charge in [0.15, 0.2) is 18.7 Å². The fourth-order valence-corrected chi connectivity index (χ4v) is 8.70. The second-order valence-electron chi connectivity index (χ2n) is 16.6. The van der Waals surface area contributed by atoms with E-state index >= 15 is 0 Å². The molecule has 0 amide bonds. The maximum Gasteiger partial charge on any atom is 0.470 e. The van der Waals surface area contributed by atoms with Gasteiger partial charge in [-0.1, -0.05) is 45.1 Å². The lowest BCUT2D eigenvalue weighted by molar-refractivity contribution is -0.342. The molecule has 16 atom stereocenters. The molecule has 3 aliphatic heterocycles. The van der Waals surface area contributed by atoms with E-state index in [1.807, 2.05) is 0 Å². The summed E-state index contributed by atoms with van der Waals surface area (Å²) < 4.78 is 67.0. The van der Waals surface area contributed by atoms with E-state index in [0.29, 0.717) is 6.42 Å². The van der Waals surface area contributed by atoms with Crippen molar-refractivity contribution in [3.8, 4) is 0 Å². The van der Waals surface area contributed by atoms with Gasteiger partial charge < -0.3 is 67.9 Å². The Bertz CT molecular complexity index is 1500. The van der Waals surface area contributed by atoms with Crippen LogP contribution in [0, 0.1) is 11.8 Å². The third-order valence-corrected chi connectivity index (χ3v) is 11.7. The number of allylic oxidation sites excluding steroid dienone is 2. The van der Waals surface area contributed by atoms with Gasteiger partial charge in [-0.2, -0.15) is 0 Å².